The van der Waals surface area contributed by atoms with E-state index in [9.17, 15) is 4.79 Å². The quantitative estimate of drug-likeness (QED) is 0.428. The molecule has 0 aliphatic rings. The highest BCUT2D eigenvalue weighted by Gasteiger charge is 1.97. The summed E-state index contributed by atoms with van der Waals surface area (Å²) in [5, 5.41) is 0. The van der Waals surface area contributed by atoms with Crippen LogP contribution in [0.5, 0.6) is 0 Å². The molecule has 0 saturated carbocycles. The Bertz CT molecular complexity index is 355. The van der Waals surface area contributed by atoms with Crippen molar-refractivity contribution in [2.75, 3.05) is 0 Å². The number of esters is 1. The Hall–Kier alpha value is -1.90. The van der Waals surface area contributed by atoms with Crippen LogP contribution in [0, 0.1) is 0 Å². The van der Waals surface area contributed by atoms with Crippen LogP contribution in [0.4, 0.5) is 0 Å². The average Bonchev–Trinajstić information content (AvgIpc) is 2.28. The van der Waals surface area contributed by atoms with Crippen molar-refractivity contribution in [3.63, 3.8) is 0 Å². The molecule has 1 aromatic heterocycles. The molecule has 0 aromatic carbocycles. The molecule has 0 unspecified atom stereocenters. The van der Waals surface area contributed by atoms with Crippen molar-refractivity contribution in [2.24, 2.45) is 0 Å². The second-order valence-corrected chi connectivity index (χ2v) is 2.81. The molecule has 78 valence electrons. The molecular formula is C12H13NO2. The summed E-state index contributed by atoms with van der Waals surface area (Å²) < 4.78 is 4.95. The third-order valence-electron chi connectivity index (χ3n) is 1.62. The number of allylic oxidation sites excluding steroid dienone is 3. The first-order valence-corrected chi connectivity index (χ1v) is 4.69. The Labute approximate surface area is 89.1 Å². The SMILES string of the molecule is C/C=C/C=C/C(=O)OCc1ccccn1. The molecule has 0 fully saturated rings. The molecule has 0 radical (unpaired) electrons. The van der Waals surface area contributed by atoms with Gasteiger partial charge in [0.1, 0.15) is 6.61 Å². The number of ether oxygens (including phenoxy) is 1. The molecule has 3 heteroatoms. The lowest BCUT2D eigenvalue weighted by Gasteiger charge is -1.99. The number of rotatable bonds is 4. The predicted octanol–water partition coefficient (Wildman–Crippen LogP) is 2.26. The smallest absolute Gasteiger partial charge is 0.331 e. The highest BCUT2D eigenvalue weighted by molar-refractivity contribution is 5.82. The monoisotopic (exact) mass is 203 g/mol. The number of carbonyl (C=O) groups excluding carboxylic acids is 1. The van der Waals surface area contributed by atoms with E-state index in [-0.39, 0.29) is 12.6 Å². The Morgan fingerprint density at radius 1 is 1.47 bits per heavy atom. The van der Waals surface area contributed by atoms with Crippen molar-refractivity contribution in [3.8, 4) is 0 Å². The van der Waals surface area contributed by atoms with Crippen molar-refractivity contribution in [3.05, 3.63) is 54.4 Å². The predicted molar refractivity (Wildman–Crippen MR) is 58.0 cm³/mol. The maximum absolute atomic E-state index is 11.1. The molecule has 1 heterocycles. The minimum Gasteiger partial charge on any atom is -0.456 e. The van der Waals surface area contributed by atoms with Gasteiger partial charge in [-0.25, -0.2) is 4.79 Å². The lowest BCUT2D eigenvalue weighted by Crippen LogP contribution is -2.01. The summed E-state index contributed by atoms with van der Waals surface area (Å²) in [5.74, 6) is -0.362. The molecule has 0 N–H and O–H groups in total. The molecule has 0 spiro atoms. The molecule has 3 nitrogen and oxygen atoms in total. The zero-order valence-corrected chi connectivity index (χ0v) is 8.59. The van der Waals surface area contributed by atoms with Gasteiger partial charge in [-0.15, -0.1) is 0 Å². The fourth-order valence-corrected chi connectivity index (χ4v) is 0.922. The number of nitrogens with zero attached hydrogens (tertiary/aromatic N) is 1. The van der Waals surface area contributed by atoms with Crippen LogP contribution < -0.4 is 0 Å². The molecule has 1 aromatic rings. The molecule has 15 heavy (non-hydrogen) atoms. The number of carbonyl (C=O) groups is 1. The lowest BCUT2D eigenvalue weighted by molar-refractivity contribution is -0.139. The maximum Gasteiger partial charge on any atom is 0.331 e. The van der Waals surface area contributed by atoms with Gasteiger partial charge in [0.05, 0.1) is 5.69 Å². The number of hydrogen-bond donors (Lipinski definition) is 0. The molecule has 0 aliphatic carbocycles. The highest BCUT2D eigenvalue weighted by atomic mass is 16.5. The van der Waals surface area contributed by atoms with Crippen LogP contribution in [-0.4, -0.2) is 11.0 Å². The van der Waals surface area contributed by atoms with Gasteiger partial charge in [-0.2, -0.15) is 0 Å². The summed E-state index contributed by atoms with van der Waals surface area (Å²) >= 11 is 0. The fourth-order valence-electron chi connectivity index (χ4n) is 0.922. The molecule has 0 atom stereocenters. The van der Waals surface area contributed by atoms with Gasteiger partial charge in [0.2, 0.25) is 0 Å². The zero-order valence-electron chi connectivity index (χ0n) is 8.59. The van der Waals surface area contributed by atoms with Crippen molar-refractivity contribution in [1.82, 2.24) is 4.98 Å². The topological polar surface area (TPSA) is 39.2 Å². The summed E-state index contributed by atoms with van der Waals surface area (Å²) in [6, 6.07) is 5.48. The summed E-state index contributed by atoms with van der Waals surface area (Å²) in [4.78, 5) is 15.2. The van der Waals surface area contributed by atoms with Gasteiger partial charge in [-0.1, -0.05) is 24.3 Å². The summed E-state index contributed by atoms with van der Waals surface area (Å²) in [6.45, 7) is 2.09. The zero-order chi connectivity index (χ0) is 10.9. The van der Waals surface area contributed by atoms with Crippen LogP contribution in [-0.2, 0) is 16.1 Å². The van der Waals surface area contributed by atoms with Crippen molar-refractivity contribution >= 4 is 5.97 Å². The van der Waals surface area contributed by atoms with Gasteiger partial charge in [0, 0.05) is 12.3 Å². The molecule has 0 saturated heterocycles. The summed E-state index contributed by atoms with van der Waals surface area (Å²) in [5.41, 5.74) is 0.741. The Balaban J connectivity index is 2.35. The lowest BCUT2D eigenvalue weighted by atomic mass is 10.4. The van der Waals surface area contributed by atoms with Gasteiger partial charge < -0.3 is 4.74 Å². The van der Waals surface area contributed by atoms with Crippen LogP contribution in [0.15, 0.2) is 48.7 Å². The Kier molecular flexibility index (Phi) is 4.87. The largest absolute Gasteiger partial charge is 0.456 e. The van der Waals surface area contributed by atoms with E-state index in [1.807, 2.05) is 31.2 Å². The van der Waals surface area contributed by atoms with Crippen molar-refractivity contribution < 1.29 is 9.53 Å². The minimum absolute atomic E-state index is 0.208. The third-order valence-corrected chi connectivity index (χ3v) is 1.62. The fraction of sp³-hybridized carbons (Fsp3) is 0.167. The van der Waals surface area contributed by atoms with E-state index in [1.54, 1.807) is 18.3 Å². The number of aromatic nitrogens is 1. The van der Waals surface area contributed by atoms with E-state index in [0.29, 0.717) is 0 Å². The van der Waals surface area contributed by atoms with Crippen molar-refractivity contribution in [2.45, 2.75) is 13.5 Å². The molecule has 1 rings (SSSR count). The number of hydrogen-bond acceptors (Lipinski definition) is 3. The first kappa shape index (κ1) is 11.2. The summed E-state index contributed by atoms with van der Waals surface area (Å²) in [6.07, 6.45) is 8.28. The van der Waals surface area contributed by atoms with Crippen LogP contribution in [0.1, 0.15) is 12.6 Å². The normalized spacial score (nSPS) is 11.0. The highest BCUT2D eigenvalue weighted by Crippen LogP contribution is 1.96. The second kappa shape index (κ2) is 6.54. The van der Waals surface area contributed by atoms with Crippen LogP contribution in [0.2, 0.25) is 0 Å². The second-order valence-electron chi connectivity index (χ2n) is 2.81. The van der Waals surface area contributed by atoms with Crippen LogP contribution >= 0.6 is 0 Å². The van der Waals surface area contributed by atoms with E-state index >= 15 is 0 Å². The van der Waals surface area contributed by atoms with Gasteiger partial charge in [-0.05, 0) is 19.1 Å². The Morgan fingerprint density at radius 2 is 2.33 bits per heavy atom. The first-order valence-electron chi connectivity index (χ1n) is 4.69. The standard InChI is InChI=1S/C12H13NO2/c1-2-3-4-8-12(14)15-10-11-7-5-6-9-13-11/h2-9H,10H2,1H3/b3-2+,8-4+. The van der Waals surface area contributed by atoms with Crippen LogP contribution in [0.3, 0.4) is 0 Å². The van der Waals surface area contributed by atoms with E-state index < -0.39 is 0 Å². The third kappa shape index (κ3) is 4.76. The van der Waals surface area contributed by atoms with Gasteiger partial charge in [0.15, 0.2) is 0 Å². The minimum atomic E-state index is -0.362. The van der Waals surface area contributed by atoms with E-state index in [1.165, 1.54) is 6.08 Å². The molecule has 0 amide bonds. The van der Waals surface area contributed by atoms with Gasteiger partial charge >= 0.3 is 5.97 Å². The first-order chi connectivity index (χ1) is 7.33. The average molecular weight is 203 g/mol. The summed E-state index contributed by atoms with van der Waals surface area (Å²) in [7, 11) is 0. The molecule has 0 aliphatic heterocycles. The van der Waals surface area contributed by atoms with E-state index in [4.69, 9.17) is 4.74 Å². The molecular weight excluding hydrogens is 190 g/mol. The van der Waals surface area contributed by atoms with Gasteiger partial charge in [0.25, 0.3) is 0 Å². The van der Waals surface area contributed by atoms with Crippen LogP contribution in [0.25, 0.3) is 0 Å². The van der Waals surface area contributed by atoms with E-state index in [0.717, 1.165) is 5.69 Å². The number of pyridine rings is 1. The molecule has 0 bridgehead atoms. The maximum atomic E-state index is 11.1. The Morgan fingerprint density at radius 3 is 3.00 bits per heavy atom. The van der Waals surface area contributed by atoms with E-state index in [2.05, 4.69) is 4.98 Å². The van der Waals surface area contributed by atoms with Crippen molar-refractivity contribution in [1.29, 1.82) is 0 Å². The van der Waals surface area contributed by atoms with Gasteiger partial charge in [-0.3, -0.25) is 4.98 Å².